The number of rotatable bonds is 5. The summed E-state index contributed by atoms with van der Waals surface area (Å²) in [5.41, 5.74) is -0.676. The molecule has 26 heavy (non-hydrogen) atoms. The van der Waals surface area contributed by atoms with E-state index in [-0.39, 0.29) is 11.7 Å². The van der Waals surface area contributed by atoms with Crippen LogP contribution in [0, 0.1) is 5.92 Å². The molecule has 1 fully saturated rings. The molecule has 0 radical (unpaired) electrons. The minimum Gasteiger partial charge on any atom is -0.425 e. The van der Waals surface area contributed by atoms with Crippen molar-refractivity contribution in [3.8, 4) is 0 Å². The monoisotopic (exact) mass is 381 g/mol. The van der Waals surface area contributed by atoms with Gasteiger partial charge in [-0.15, -0.1) is 0 Å². The van der Waals surface area contributed by atoms with Gasteiger partial charge in [0.05, 0.1) is 5.92 Å². The molecule has 1 aromatic carbocycles. The molecule has 0 saturated heterocycles. The molecule has 1 aliphatic rings. The second-order valence-corrected chi connectivity index (χ2v) is 7.11. The lowest BCUT2D eigenvalue weighted by molar-refractivity contribution is -0.169. The number of esters is 1. The van der Waals surface area contributed by atoms with Gasteiger partial charge in [0.1, 0.15) is 5.54 Å². The van der Waals surface area contributed by atoms with E-state index in [1.54, 1.807) is 38.1 Å². The standard InChI is InChI=1S/C19H24ClNO5/c1-12(2)17(23)25-13(3)26-18(24)21-19(11-7-6-10-16(19)22)14-8-4-5-9-15(14)20/h4-5,8-9,12-13H,6-7,10-11H2,1-3H3,(H,21,24)/t13?,19-/m0/s1. The number of benzene rings is 1. The van der Waals surface area contributed by atoms with E-state index in [4.69, 9.17) is 21.1 Å². The number of carbonyl (C=O) groups excluding carboxylic acids is 3. The van der Waals surface area contributed by atoms with E-state index in [1.807, 2.05) is 0 Å². The molecule has 6 nitrogen and oxygen atoms in total. The Hall–Kier alpha value is -2.08. The molecule has 0 spiro atoms. The van der Waals surface area contributed by atoms with Crippen molar-refractivity contribution in [3.05, 3.63) is 34.9 Å². The molecule has 1 aliphatic carbocycles. The van der Waals surface area contributed by atoms with Crippen molar-refractivity contribution in [2.45, 2.75) is 58.3 Å². The minimum atomic E-state index is -1.23. The zero-order valence-corrected chi connectivity index (χ0v) is 16.0. The Balaban J connectivity index is 2.18. The average molecular weight is 382 g/mol. The van der Waals surface area contributed by atoms with Gasteiger partial charge in [0, 0.05) is 23.9 Å². The van der Waals surface area contributed by atoms with Gasteiger partial charge in [-0.05, 0) is 25.3 Å². The van der Waals surface area contributed by atoms with Crippen molar-refractivity contribution in [1.29, 1.82) is 0 Å². The van der Waals surface area contributed by atoms with Gasteiger partial charge in [-0.2, -0.15) is 0 Å². The highest BCUT2D eigenvalue weighted by Gasteiger charge is 2.44. The van der Waals surface area contributed by atoms with Gasteiger partial charge < -0.3 is 14.8 Å². The van der Waals surface area contributed by atoms with Crippen molar-refractivity contribution >= 4 is 29.4 Å². The van der Waals surface area contributed by atoms with Crippen LogP contribution in [0.4, 0.5) is 4.79 Å². The molecule has 1 aromatic rings. The van der Waals surface area contributed by atoms with Crippen LogP contribution < -0.4 is 5.32 Å². The molecule has 2 rings (SSSR count). The van der Waals surface area contributed by atoms with Crippen molar-refractivity contribution < 1.29 is 23.9 Å². The first-order valence-corrected chi connectivity index (χ1v) is 9.11. The Labute approximate surface area is 158 Å². The quantitative estimate of drug-likeness (QED) is 0.616. The van der Waals surface area contributed by atoms with E-state index in [9.17, 15) is 14.4 Å². The van der Waals surface area contributed by atoms with Gasteiger partial charge in [-0.25, -0.2) is 4.79 Å². The Morgan fingerprint density at radius 3 is 2.46 bits per heavy atom. The summed E-state index contributed by atoms with van der Waals surface area (Å²) < 4.78 is 10.1. The van der Waals surface area contributed by atoms with Crippen molar-refractivity contribution in [3.63, 3.8) is 0 Å². The first kappa shape index (κ1) is 20.2. The molecular weight excluding hydrogens is 358 g/mol. The third kappa shape index (κ3) is 4.55. The van der Waals surface area contributed by atoms with E-state index < -0.39 is 23.9 Å². The number of amides is 1. The van der Waals surface area contributed by atoms with Crippen LogP contribution in [0.25, 0.3) is 0 Å². The summed E-state index contributed by atoms with van der Waals surface area (Å²) in [6.45, 7) is 4.81. The van der Waals surface area contributed by atoms with Gasteiger partial charge >= 0.3 is 12.1 Å². The molecule has 0 aliphatic heterocycles. The maximum Gasteiger partial charge on any atom is 0.411 e. The number of Topliss-reactive ketones (excluding diaryl/α,β-unsaturated/α-hetero) is 1. The van der Waals surface area contributed by atoms with Gasteiger partial charge in [0.2, 0.25) is 6.29 Å². The van der Waals surface area contributed by atoms with Crippen molar-refractivity contribution in [2.75, 3.05) is 0 Å². The minimum absolute atomic E-state index is 0.111. The highest BCUT2D eigenvalue weighted by molar-refractivity contribution is 6.31. The molecule has 142 valence electrons. The molecular formula is C19H24ClNO5. The number of ketones is 1. The predicted octanol–water partition coefficient (Wildman–Crippen LogP) is 3.95. The molecule has 2 atom stereocenters. The van der Waals surface area contributed by atoms with Crippen LogP contribution in [0.15, 0.2) is 24.3 Å². The van der Waals surface area contributed by atoms with E-state index in [1.165, 1.54) is 6.92 Å². The maximum atomic E-state index is 12.7. The van der Waals surface area contributed by atoms with Crippen LogP contribution in [-0.2, 0) is 24.6 Å². The van der Waals surface area contributed by atoms with Gasteiger partial charge in [0.25, 0.3) is 0 Å². The zero-order chi connectivity index (χ0) is 19.3. The van der Waals surface area contributed by atoms with Crippen LogP contribution in [0.2, 0.25) is 5.02 Å². The number of alkyl carbamates (subject to hydrolysis) is 1. The summed E-state index contributed by atoms with van der Waals surface area (Å²) in [6, 6.07) is 6.94. The van der Waals surface area contributed by atoms with Crippen LogP contribution >= 0.6 is 11.6 Å². The number of ether oxygens (including phenoxy) is 2. The predicted molar refractivity (Wildman–Crippen MR) is 96.6 cm³/mol. The summed E-state index contributed by atoms with van der Waals surface area (Å²) in [5.74, 6) is -0.918. The van der Waals surface area contributed by atoms with E-state index in [0.717, 1.165) is 12.8 Å². The summed E-state index contributed by atoms with van der Waals surface area (Å²) >= 11 is 6.29. The van der Waals surface area contributed by atoms with Crippen molar-refractivity contribution in [1.82, 2.24) is 5.32 Å². The maximum absolute atomic E-state index is 12.7. The molecule has 0 aromatic heterocycles. The fourth-order valence-electron chi connectivity index (χ4n) is 3.00. The number of hydrogen-bond acceptors (Lipinski definition) is 5. The number of nitrogens with one attached hydrogen (secondary N) is 1. The average Bonchev–Trinajstić information content (AvgIpc) is 2.57. The first-order chi connectivity index (χ1) is 12.3. The smallest absolute Gasteiger partial charge is 0.411 e. The Morgan fingerprint density at radius 2 is 1.85 bits per heavy atom. The van der Waals surface area contributed by atoms with E-state index in [2.05, 4.69) is 5.32 Å². The second-order valence-electron chi connectivity index (χ2n) is 6.70. The fourth-order valence-corrected chi connectivity index (χ4v) is 3.30. The van der Waals surface area contributed by atoms with Gasteiger partial charge in [-0.3, -0.25) is 9.59 Å². The van der Waals surface area contributed by atoms with Crippen LogP contribution in [-0.4, -0.2) is 24.1 Å². The summed E-state index contributed by atoms with van der Waals surface area (Å²) in [4.78, 5) is 36.7. The molecule has 1 unspecified atom stereocenters. The third-order valence-corrected chi connectivity index (χ3v) is 4.69. The highest BCUT2D eigenvalue weighted by Crippen LogP contribution is 2.38. The largest absolute Gasteiger partial charge is 0.425 e. The van der Waals surface area contributed by atoms with Crippen LogP contribution in [0.1, 0.15) is 52.0 Å². The lowest BCUT2D eigenvalue weighted by Gasteiger charge is -2.37. The Bertz CT molecular complexity index is 690. The topological polar surface area (TPSA) is 81.7 Å². The molecule has 1 amide bonds. The Kier molecular flexibility index (Phi) is 6.64. The SMILES string of the molecule is CC(OC(=O)N[C@]1(c2ccccc2Cl)CCCCC1=O)OC(=O)C(C)C. The first-order valence-electron chi connectivity index (χ1n) is 8.74. The lowest BCUT2D eigenvalue weighted by atomic mass is 9.75. The number of carbonyl (C=O) groups is 3. The summed E-state index contributed by atoms with van der Waals surface area (Å²) in [7, 11) is 0. The number of halogens is 1. The summed E-state index contributed by atoms with van der Waals surface area (Å²) in [6.07, 6.45) is 0.434. The lowest BCUT2D eigenvalue weighted by Crippen LogP contribution is -2.54. The molecule has 1 N–H and O–H groups in total. The highest BCUT2D eigenvalue weighted by atomic mass is 35.5. The summed E-state index contributed by atoms with van der Waals surface area (Å²) in [5, 5.41) is 3.09. The fraction of sp³-hybridized carbons (Fsp3) is 0.526. The van der Waals surface area contributed by atoms with Crippen molar-refractivity contribution in [2.24, 2.45) is 5.92 Å². The normalized spacial score (nSPS) is 21.2. The molecule has 0 bridgehead atoms. The second kappa shape index (κ2) is 8.54. The van der Waals surface area contributed by atoms with Crippen LogP contribution in [0.3, 0.4) is 0 Å². The Morgan fingerprint density at radius 1 is 1.15 bits per heavy atom. The zero-order valence-electron chi connectivity index (χ0n) is 15.2. The third-order valence-electron chi connectivity index (χ3n) is 4.36. The molecule has 0 heterocycles. The van der Waals surface area contributed by atoms with E-state index in [0.29, 0.717) is 23.4 Å². The molecule has 1 saturated carbocycles. The van der Waals surface area contributed by atoms with Gasteiger partial charge in [0.15, 0.2) is 5.78 Å². The molecule has 7 heteroatoms. The van der Waals surface area contributed by atoms with E-state index >= 15 is 0 Å². The number of hydrogen-bond donors (Lipinski definition) is 1. The van der Waals surface area contributed by atoms with Gasteiger partial charge in [-0.1, -0.05) is 43.6 Å². The van der Waals surface area contributed by atoms with Crippen LogP contribution in [0.5, 0.6) is 0 Å².